The SMILES string of the molecule is Brc1ccc2c(c1)CN=CC2C=Nc1ccc(CN2CCCCC2)cc1. The fourth-order valence-corrected chi connectivity index (χ4v) is 4.14. The average Bonchev–Trinajstić information content (AvgIpc) is 2.68. The number of aliphatic imine (C=N–C) groups is 2. The van der Waals surface area contributed by atoms with E-state index in [4.69, 9.17) is 4.99 Å². The van der Waals surface area contributed by atoms with E-state index in [1.54, 1.807) is 0 Å². The molecule has 4 rings (SSSR count). The van der Waals surface area contributed by atoms with E-state index < -0.39 is 0 Å². The minimum Gasteiger partial charge on any atom is -0.299 e. The average molecular weight is 410 g/mol. The molecule has 0 aliphatic carbocycles. The van der Waals surface area contributed by atoms with Crippen LogP contribution < -0.4 is 0 Å². The molecule has 0 saturated carbocycles. The molecule has 0 bridgehead atoms. The van der Waals surface area contributed by atoms with Crippen LogP contribution >= 0.6 is 15.9 Å². The van der Waals surface area contributed by atoms with Gasteiger partial charge in [-0.3, -0.25) is 14.9 Å². The van der Waals surface area contributed by atoms with E-state index in [-0.39, 0.29) is 5.92 Å². The van der Waals surface area contributed by atoms with Gasteiger partial charge in [-0.25, -0.2) is 0 Å². The van der Waals surface area contributed by atoms with E-state index in [0.29, 0.717) is 0 Å². The van der Waals surface area contributed by atoms with Gasteiger partial charge in [0.2, 0.25) is 0 Å². The predicted octanol–water partition coefficient (Wildman–Crippen LogP) is 5.51. The molecule has 2 aromatic carbocycles. The lowest BCUT2D eigenvalue weighted by Gasteiger charge is -2.26. The van der Waals surface area contributed by atoms with E-state index >= 15 is 0 Å². The van der Waals surface area contributed by atoms with Gasteiger partial charge in [-0.05, 0) is 66.9 Å². The van der Waals surface area contributed by atoms with Gasteiger partial charge in [-0.1, -0.05) is 40.5 Å². The van der Waals surface area contributed by atoms with Crippen LogP contribution in [-0.4, -0.2) is 30.4 Å². The summed E-state index contributed by atoms with van der Waals surface area (Å²) in [4.78, 5) is 11.7. The van der Waals surface area contributed by atoms with Gasteiger partial charge >= 0.3 is 0 Å². The van der Waals surface area contributed by atoms with Crippen molar-refractivity contribution in [2.45, 2.75) is 38.3 Å². The van der Waals surface area contributed by atoms with Gasteiger partial charge in [-0.15, -0.1) is 0 Å². The van der Waals surface area contributed by atoms with Crippen LogP contribution in [0.25, 0.3) is 0 Å². The lowest BCUT2D eigenvalue weighted by molar-refractivity contribution is 0.221. The van der Waals surface area contributed by atoms with Gasteiger partial charge in [0.05, 0.1) is 18.2 Å². The molecule has 0 N–H and O–H groups in total. The molecule has 4 heteroatoms. The Morgan fingerprint density at radius 3 is 2.69 bits per heavy atom. The van der Waals surface area contributed by atoms with Crippen LogP contribution in [0.3, 0.4) is 0 Å². The molecule has 1 saturated heterocycles. The fraction of sp³-hybridized carbons (Fsp3) is 0.364. The van der Waals surface area contributed by atoms with E-state index in [1.807, 2.05) is 12.4 Å². The number of rotatable bonds is 4. The standard InChI is InChI=1S/C22H24BrN3/c23-20-6-9-22-18(12-20)13-24-14-19(22)15-25-21-7-4-17(5-8-21)16-26-10-2-1-3-11-26/h4-9,12,14-15,19H,1-3,10-11,13,16H2. The molecule has 0 spiro atoms. The van der Waals surface area contributed by atoms with E-state index in [9.17, 15) is 0 Å². The second-order valence-corrected chi connectivity index (χ2v) is 8.06. The Morgan fingerprint density at radius 2 is 1.88 bits per heavy atom. The van der Waals surface area contributed by atoms with Crippen molar-refractivity contribution in [3.8, 4) is 0 Å². The number of halogens is 1. The Kier molecular flexibility index (Phi) is 5.61. The summed E-state index contributed by atoms with van der Waals surface area (Å²) in [6, 6.07) is 15.1. The molecule has 26 heavy (non-hydrogen) atoms. The van der Waals surface area contributed by atoms with Crippen LogP contribution in [0.4, 0.5) is 5.69 Å². The smallest absolute Gasteiger partial charge is 0.0639 e. The molecule has 2 heterocycles. The predicted molar refractivity (Wildman–Crippen MR) is 113 cm³/mol. The van der Waals surface area contributed by atoms with Crippen LogP contribution in [0.1, 0.15) is 41.9 Å². The Balaban J connectivity index is 1.42. The number of likely N-dealkylation sites (tertiary alicyclic amines) is 1. The summed E-state index contributed by atoms with van der Waals surface area (Å²) in [6.45, 7) is 4.28. The lowest BCUT2D eigenvalue weighted by atomic mass is 9.94. The maximum Gasteiger partial charge on any atom is 0.0639 e. The summed E-state index contributed by atoms with van der Waals surface area (Å²) in [6.07, 6.45) is 8.07. The number of nitrogens with zero attached hydrogens (tertiary/aromatic N) is 3. The van der Waals surface area contributed by atoms with Crippen molar-refractivity contribution >= 4 is 34.0 Å². The first-order valence-corrected chi connectivity index (χ1v) is 10.2. The third-order valence-electron chi connectivity index (χ3n) is 5.17. The lowest BCUT2D eigenvalue weighted by Crippen LogP contribution is -2.28. The van der Waals surface area contributed by atoms with Gasteiger partial charge in [-0.2, -0.15) is 0 Å². The first-order valence-electron chi connectivity index (χ1n) is 9.42. The third-order valence-corrected chi connectivity index (χ3v) is 5.66. The van der Waals surface area contributed by atoms with Crippen molar-refractivity contribution in [2.75, 3.05) is 13.1 Å². The molecule has 2 aliphatic heterocycles. The molecule has 1 atom stereocenters. The van der Waals surface area contributed by atoms with Crippen LogP contribution in [0.5, 0.6) is 0 Å². The molecule has 1 fully saturated rings. The highest BCUT2D eigenvalue weighted by molar-refractivity contribution is 9.10. The highest BCUT2D eigenvalue weighted by atomic mass is 79.9. The van der Waals surface area contributed by atoms with Gasteiger partial charge in [0, 0.05) is 23.4 Å². The van der Waals surface area contributed by atoms with Gasteiger partial charge < -0.3 is 0 Å². The Labute approximate surface area is 164 Å². The van der Waals surface area contributed by atoms with Crippen molar-refractivity contribution < 1.29 is 0 Å². The minimum absolute atomic E-state index is 0.153. The maximum atomic E-state index is 4.70. The number of hydrogen-bond donors (Lipinski definition) is 0. The van der Waals surface area contributed by atoms with E-state index in [1.165, 1.54) is 49.0 Å². The maximum absolute atomic E-state index is 4.70. The largest absolute Gasteiger partial charge is 0.299 e. The van der Waals surface area contributed by atoms with Crippen molar-refractivity contribution in [1.82, 2.24) is 4.90 Å². The molecular formula is C22H24BrN3. The number of benzene rings is 2. The monoisotopic (exact) mass is 409 g/mol. The van der Waals surface area contributed by atoms with E-state index in [0.717, 1.165) is 23.2 Å². The summed E-state index contributed by atoms with van der Waals surface area (Å²) >= 11 is 3.54. The van der Waals surface area contributed by atoms with Crippen LogP contribution in [0.2, 0.25) is 0 Å². The first-order chi connectivity index (χ1) is 12.8. The molecule has 0 aromatic heterocycles. The summed E-state index contributed by atoms with van der Waals surface area (Å²) in [7, 11) is 0. The van der Waals surface area contributed by atoms with E-state index in [2.05, 4.69) is 68.3 Å². The molecule has 3 nitrogen and oxygen atoms in total. The highest BCUT2D eigenvalue weighted by Gasteiger charge is 2.15. The second-order valence-electron chi connectivity index (χ2n) is 7.14. The topological polar surface area (TPSA) is 28.0 Å². The van der Waals surface area contributed by atoms with Crippen molar-refractivity contribution in [1.29, 1.82) is 0 Å². The van der Waals surface area contributed by atoms with Gasteiger partial charge in [0.25, 0.3) is 0 Å². The molecule has 0 amide bonds. The molecule has 1 unspecified atom stereocenters. The number of fused-ring (bicyclic) bond motifs is 1. The van der Waals surface area contributed by atoms with Gasteiger partial charge in [0.15, 0.2) is 0 Å². The summed E-state index contributed by atoms with van der Waals surface area (Å²) < 4.78 is 1.10. The number of hydrogen-bond acceptors (Lipinski definition) is 3. The Morgan fingerprint density at radius 1 is 1.08 bits per heavy atom. The Bertz CT molecular complexity index is 805. The molecule has 2 aromatic rings. The van der Waals surface area contributed by atoms with Crippen LogP contribution in [-0.2, 0) is 13.1 Å². The fourth-order valence-electron chi connectivity index (χ4n) is 3.73. The molecular weight excluding hydrogens is 386 g/mol. The van der Waals surface area contributed by atoms with Crippen LogP contribution in [0, 0.1) is 0 Å². The highest BCUT2D eigenvalue weighted by Crippen LogP contribution is 2.26. The quantitative estimate of drug-likeness (QED) is 0.612. The van der Waals surface area contributed by atoms with Crippen molar-refractivity contribution in [3.05, 3.63) is 63.6 Å². The summed E-state index contributed by atoms with van der Waals surface area (Å²) in [5, 5.41) is 0. The molecule has 134 valence electrons. The summed E-state index contributed by atoms with van der Waals surface area (Å²) in [5.41, 5.74) is 4.95. The zero-order valence-electron chi connectivity index (χ0n) is 14.9. The van der Waals surface area contributed by atoms with Crippen molar-refractivity contribution in [3.63, 3.8) is 0 Å². The second kappa shape index (κ2) is 8.28. The molecule has 0 radical (unpaired) electrons. The Hall–Kier alpha value is -1.78. The zero-order valence-corrected chi connectivity index (χ0v) is 16.5. The van der Waals surface area contributed by atoms with Crippen LogP contribution in [0.15, 0.2) is 56.9 Å². The number of piperidine rings is 1. The summed E-state index contributed by atoms with van der Waals surface area (Å²) in [5.74, 6) is 0.153. The first kappa shape index (κ1) is 17.6. The zero-order chi connectivity index (χ0) is 17.8. The van der Waals surface area contributed by atoms with Crippen molar-refractivity contribution in [2.24, 2.45) is 9.98 Å². The van der Waals surface area contributed by atoms with Gasteiger partial charge in [0.1, 0.15) is 0 Å². The minimum atomic E-state index is 0.153. The third kappa shape index (κ3) is 4.30. The molecule has 2 aliphatic rings. The normalized spacial score (nSPS) is 20.4.